The van der Waals surface area contributed by atoms with Crippen LogP contribution in [0.25, 0.3) is 0 Å². The van der Waals surface area contributed by atoms with Gasteiger partial charge in [0.15, 0.2) is 0 Å². The van der Waals surface area contributed by atoms with Crippen molar-refractivity contribution in [3.8, 4) is 0 Å². The molecule has 6 heteroatoms. The fourth-order valence-corrected chi connectivity index (χ4v) is 2.65. The first-order chi connectivity index (χ1) is 13.5. The molecule has 0 unspecified atom stereocenters. The fraction of sp³-hybridized carbons (Fsp3) is 0.318. The largest absolute Gasteiger partial charge is 0.463 e. The van der Waals surface area contributed by atoms with Crippen LogP contribution in [0.5, 0.6) is 0 Å². The van der Waals surface area contributed by atoms with Gasteiger partial charge >= 0.3 is 5.97 Å². The fourth-order valence-electron chi connectivity index (χ4n) is 2.65. The van der Waals surface area contributed by atoms with Crippen LogP contribution in [-0.4, -0.2) is 30.4 Å². The molecule has 2 aromatic rings. The Hall–Kier alpha value is -3.15. The van der Waals surface area contributed by atoms with Crippen molar-refractivity contribution in [1.29, 1.82) is 0 Å². The van der Waals surface area contributed by atoms with Gasteiger partial charge < -0.3 is 15.4 Å². The standard InChI is InChI=1S/C22H26N2O4/c1-16(2)28-21(26)13-14-23-20(25)15-19(17-9-5-3-6-10-17)24-22(27)18-11-7-4-8-12-18/h3-12,16,19H,13-15H2,1-2H3,(H,23,25)(H,24,27)/t19-/m0/s1. The van der Waals surface area contributed by atoms with E-state index >= 15 is 0 Å². The highest BCUT2D eigenvalue weighted by molar-refractivity contribution is 5.94. The molecule has 148 valence electrons. The number of benzene rings is 2. The van der Waals surface area contributed by atoms with E-state index in [1.54, 1.807) is 38.1 Å². The van der Waals surface area contributed by atoms with Crippen LogP contribution in [0.2, 0.25) is 0 Å². The molecule has 6 nitrogen and oxygen atoms in total. The molecule has 0 spiro atoms. The first-order valence-electron chi connectivity index (χ1n) is 9.32. The second kappa shape index (κ2) is 10.9. The minimum atomic E-state index is -0.475. The third-order valence-corrected chi connectivity index (χ3v) is 3.95. The number of ether oxygens (including phenoxy) is 1. The van der Waals surface area contributed by atoms with E-state index < -0.39 is 6.04 Å². The molecule has 0 aliphatic rings. The summed E-state index contributed by atoms with van der Waals surface area (Å²) in [6.45, 7) is 3.74. The maximum Gasteiger partial charge on any atom is 0.307 e. The van der Waals surface area contributed by atoms with Gasteiger partial charge in [-0.15, -0.1) is 0 Å². The highest BCUT2D eigenvalue weighted by Gasteiger charge is 2.19. The number of carbonyl (C=O) groups excluding carboxylic acids is 3. The summed E-state index contributed by atoms with van der Waals surface area (Å²) in [6.07, 6.45) is -0.00293. The predicted octanol–water partition coefficient (Wildman–Crippen LogP) is 3.01. The molecule has 0 aromatic heterocycles. The van der Waals surface area contributed by atoms with E-state index in [-0.39, 0.29) is 43.3 Å². The Morgan fingerprint density at radius 3 is 2.14 bits per heavy atom. The molecule has 0 saturated heterocycles. The van der Waals surface area contributed by atoms with Gasteiger partial charge in [-0.05, 0) is 31.5 Å². The van der Waals surface area contributed by atoms with Crippen LogP contribution in [0, 0.1) is 0 Å². The Morgan fingerprint density at radius 2 is 1.54 bits per heavy atom. The quantitative estimate of drug-likeness (QED) is 0.653. The van der Waals surface area contributed by atoms with Crippen LogP contribution in [0.1, 0.15) is 48.7 Å². The lowest BCUT2D eigenvalue weighted by molar-refractivity contribution is -0.147. The topological polar surface area (TPSA) is 84.5 Å². The molecule has 1 atom stereocenters. The highest BCUT2D eigenvalue weighted by atomic mass is 16.5. The first kappa shape index (κ1) is 21.2. The molecule has 0 aliphatic carbocycles. The highest BCUT2D eigenvalue weighted by Crippen LogP contribution is 2.17. The number of rotatable bonds is 9. The lowest BCUT2D eigenvalue weighted by Gasteiger charge is -2.19. The second-order valence-corrected chi connectivity index (χ2v) is 6.65. The average Bonchev–Trinajstić information content (AvgIpc) is 2.68. The first-order valence-corrected chi connectivity index (χ1v) is 9.32. The van der Waals surface area contributed by atoms with Gasteiger partial charge in [0.25, 0.3) is 5.91 Å². The van der Waals surface area contributed by atoms with Crippen molar-refractivity contribution < 1.29 is 19.1 Å². The van der Waals surface area contributed by atoms with Gasteiger partial charge in [0.2, 0.25) is 5.91 Å². The number of hydrogen-bond donors (Lipinski definition) is 2. The Labute approximate surface area is 165 Å². The van der Waals surface area contributed by atoms with E-state index in [9.17, 15) is 14.4 Å². The maximum absolute atomic E-state index is 12.5. The van der Waals surface area contributed by atoms with E-state index in [0.29, 0.717) is 5.56 Å². The summed E-state index contributed by atoms with van der Waals surface area (Å²) in [5, 5.41) is 5.62. The van der Waals surface area contributed by atoms with Crippen molar-refractivity contribution in [3.63, 3.8) is 0 Å². The summed E-state index contributed by atoms with van der Waals surface area (Å²) >= 11 is 0. The summed E-state index contributed by atoms with van der Waals surface area (Å²) < 4.78 is 5.04. The van der Waals surface area contributed by atoms with Crippen LogP contribution in [-0.2, 0) is 14.3 Å². The summed E-state index contributed by atoms with van der Waals surface area (Å²) in [4.78, 5) is 36.4. The Morgan fingerprint density at radius 1 is 0.929 bits per heavy atom. The monoisotopic (exact) mass is 382 g/mol. The molecular formula is C22H26N2O4. The number of esters is 1. The summed E-state index contributed by atoms with van der Waals surface area (Å²) in [6, 6.07) is 17.7. The predicted molar refractivity (Wildman–Crippen MR) is 107 cm³/mol. The smallest absolute Gasteiger partial charge is 0.307 e. The second-order valence-electron chi connectivity index (χ2n) is 6.65. The molecule has 0 fully saturated rings. The zero-order valence-corrected chi connectivity index (χ0v) is 16.2. The van der Waals surface area contributed by atoms with E-state index in [0.717, 1.165) is 5.56 Å². The van der Waals surface area contributed by atoms with Crippen LogP contribution in [0.3, 0.4) is 0 Å². The lowest BCUT2D eigenvalue weighted by atomic mass is 10.0. The lowest BCUT2D eigenvalue weighted by Crippen LogP contribution is -2.34. The van der Waals surface area contributed by atoms with Crippen LogP contribution in [0.15, 0.2) is 60.7 Å². The van der Waals surface area contributed by atoms with Crippen LogP contribution < -0.4 is 10.6 Å². The molecule has 2 N–H and O–H groups in total. The van der Waals surface area contributed by atoms with Crippen LogP contribution in [0.4, 0.5) is 0 Å². The molecule has 28 heavy (non-hydrogen) atoms. The summed E-state index contributed by atoms with van der Waals surface area (Å²) in [5.74, 6) is -0.852. The average molecular weight is 382 g/mol. The van der Waals surface area contributed by atoms with Crippen molar-refractivity contribution >= 4 is 17.8 Å². The number of hydrogen-bond acceptors (Lipinski definition) is 4. The summed E-state index contributed by atoms with van der Waals surface area (Å²) in [5.41, 5.74) is 1.36. The molecule has 0 saturated carbocycles. The Kier molecular flexibility index (Phi) is 8.21. The molecular weight excluding hydrogens is 356 g/mol. The van der Waals surface area contributed by atoms with Crippen molar-refractivity contribution in [2.75, 3.05) is 6.54 Å². The Bertz CT molecular complexity index is 776. The third kappa shape index (κ3) is 7.23. The van der Waals surface area contributed by atoms with Crippen molar-refractivity contribution in [2.45, 2.75) is 38.8 Å². The molecule has 2 rings (SSSR count). The molecule has 0 aliphatic heterocycles. The van der Waals surface area contributed by atoms with Crippen molar-refractivity contribution in [2.24, 2.45) is 0 Å². The van der Waals surface area contributed by atoms with Gasteiger partial charge in [-0.3, -0.25) is 14.4 Å². The molecule has 2 aromatic carbocycles. The van der Waals surface area contributed by atoms with Crippen molar-refractivity contribution in [1.82, 2.24) is 10.6 Å². The van der Waals surface area contributed by atoms with Gasteiger partial charge in [-0.2, -0.15) is 0 Å². The van der Waals surface area contributed by atoms with E-state index in [1.165, 1.54) is 0 Å². The maximum atomic E-state index is 12.5. The van der Waals surface area contributed by atoms with Gasteiger partial charge in [0.1, 0.15) is 0 Å². The van der Waals surface area contributed by atoms with Crippen LogP contribution >= 0.6 is 0 Å². The van der Waals surface area contributed by atoms with E-state index in [2.05, 4.69) is 10.6 Å². The van der Waals surface area contributed by atoms with Gasteiger partial charge in [0, 0.05) is 12.1 Å². The van der Waals surface area contributed by atoms with Gasteiger partial charge in [-0.1, -0.05) is 48.5 Å². The molecule has 0 heterocycles. The summed E-state index contributed by atoms with van der Waals surface area (Å²) in [7, 11) is 0. The minimum Gasteiger partial charge on any atom is -0.463 e. The zero-order chi connectivity index (χ0) is 20.4. The van der Waals surface area contributed by atoms with E-state index in [1.807, 2.05) is 36.4 Å². The normalized spacial score (nSPS) is 11.5. The van der Waals surface area contributed by atoms with Crippen molar-refractivity contribution in [3.05, 3.63) is 71.8 Å². The van der Waals surface area contributed by atoms with Gasteiger partial charge in [-0.25, -0.2) is 0 Å². The number of nitrogens with one attached hydrogen (secondary N) is 2. The Balaban J connectivity index is 1.95. The van der Waals surface area contributed by atoms with Gasteiger partial charge in [0.05, 0.1) is 25.0 Å². The third-order valence-electron chi connectivity index (χ3n) is 3.95. The molecule has 0 bridgehead atoms. The minimum absolute atomic E-state index is 0.0712. The molecule has 0 radical (unpaired) electrons. The van der Waals surface area contributed by atoms with E-state index in [4.69, 9.17) is 4.74 Å². The zero-order valence-electron chi connectivity index (χ0n) is 16.2. The SMILES string of the molecule is CC(C)OC(=O)CCNC(=O)C[C@H](NC(=O)c1ccccc1)c1ccccc1. The molecule has 2 amide bonds. The number of carbonyl (C=O) groups is 3. The number of amides is 2.